The Bertz CT molecular complexity index is 533. The minimum Gasteiger partial charge on any atom is -0.396 e. The molecular weight excluding hydrogens is 266 g/mol. The van der Waals surface area contributed by atoms with Crippen LogP contribution in [0.2, 0.25) is 0 Å². The molecule has 0 heterocycles. The molecule has 0 atom stereocenters. The van der Waals surface area contributed by atoms with Crippen molar-refractivity contribution in [3.63, 3.8) is 0 Å². The highest BCUT2D eigenvalue weighted by atomic mass is 16.3. The molecule has 5 heteroatoms. The molecule has 1 aromatic rings. The summed E-state index contributed by atoms with van der Waals surface area (Å²) in [4.78, 5) is 11.8. The zero-order valence-electron chi connectivity index (χ0n) is 12.9. The molecule has 0 saturated carbocycles. The van der Waals surface area contributed by atoms with Crippen LogP contribution < -0.4 is 10.6 Å². The number of hydrogen-bond donors (Lipinski definition) is 3. The van der Waals surface area contributed by atoms with E-state index in [0.29, 0.717) is 17.8 Å². The van der Waals surface area contributed by atoms with Gasteiger partial charge in [-0.15, -0.1) is 0 Å². The standard InChI is InChI=1S/C16H23N3O2/c1-12-5-6-13(10-17)9-14(12)19-15(21)18-8-4-7-16(2,3)11-20/h5-6,9,20H,4,7-8,11H2,1-3H3,(H2,18,19,21). The van der Waals surface area contributed by atoms with E-state index in [4.69, 9.17) is 10.4 Å². The summed E-state index contributed by atoms with van der Waals surface area (Å²) in [7, 11) is 0. The fourth-order valence-electron chi connectivity index (χ4n) is 1.84. The van der Waals surface area contributed by atoms with E-state index in [1.807, 2.05) is 26.8 Å². The van der Waals surface area contributed by atoms with Gasteiger partial charge >= 0.3 is 6.03 Å². The Kier molecular flexibility index (Phi) is 6.19. The minimum absolute atomic E-state index is 0.115. The predicted molar refractivity (Wildman–Crippen MR) is 83.0 cm³/mol. The molecule has 0 unspecified atom stereocenters. The van der Waals surface area contributed by atoms with Crippen LogP contribution in [-0.2, 0) is 0 Å². The second kappa shape index (κ2) is 7.65. The van der Waals surface area contributed by atoms with Crippen LogP contribution in [0.25, 0.3) is 0 Å². The maximum atomic E-state index is 11.8. The lowest BCUT2D eigenvalue weighted by Gasteiger charge is -2.21. The van der Waals surface area contributed by atoms with Gasteiger partial charge in [-0.1, -0.05) is 19.9 Å². The van der Waals surface area contributed by atoms with Crippen molar-refractivity contribution in [3.05, 3.63) is 29.3 Å². The van der Waals surface area contributed by atoms with Crippen LogP contribution in [0.15, 0.2) is 18.2 Å². The molecule has 0 fully saturated rings. The number of carbonyl (C=O) groups excluding carboxylic acids is 1. The molecule has 0 bridgehead atoms. The molecule has 0 aromatic heterocycles. The average molecular weight is 289 g/mol. The molecule has 2 amide bonds. The normalized spacial score (nSPS) is 10.8. The molecule has 0 saturated heterocycles. The van der Waals surface area contributed by atoms with Crippen LogP contribution in [0.4, 0.5) is 10.5 Å². The van der Waals surface area contributed by atoms with Gasteiger partial charge in [0.15, 0.2) is 0 Å². The fourth-order valence-corrected chi connectivity index (χ4v) is 1.84. The maximum absolute atomic E-state index is 11.8. The van der Waals surface area contributed by atoms with Crippen molar-refractivity contribution in [1.29, 1.82) is 5.26 Å². The van der Waals surface area contributed by atoms with E-state index in [0.717, 1.165) is 18.4 Å². The number of urea groups is 1. The Hall–Kier alpha value is -2.06. The highest BCUT2D eigenvalue weighted by molar-refractivity contribution is 5.90. The van der Waals surface area contributed by atoms with Crippen molar-refractivity contribution in [2.45, 2.75) is 33.6 Å². The van der Waals surface area contributed by atoms with E-state index >= 15 is 0 Å². The van der Waals surface area contributed by atoms with Gasteiger partial charge in [0.2, 0.25) is 0 Å². The zero-order chi connectivity index (χ0) is 15.9. The molecule has 1 aromatic carbocycles. The van der Waals surface area contributed by atoms with Crippen molar-refractivity contribution in [3.8, 4) is 6.07 Å². The number of amides is 2. The number of aliphatic hydroxyl groups excluding tert-OH is 1. The number of nitrogens with zero attached hydrogens (tertiary/aromatic N) is 1. The second-order valence-corrected chi connectivity index (χ2v) is 5.95. The van der Waals surface area contributed by atoms with Crippen LogP contribution in [0.3, 0.4) is 0 Å². The largest absolute Gasteiger partial charge is 0.396 e. The van der Waals surface area contributed by atoms with E-state index in [9.17, 15) is 4.79 Å². The van der Waals surface area contributed by atoms with E-state index in [1.54, 1.807) is 18.2 Å². The highest BCUT2D eigenvalue weighted by Crippen LogP contribution is 2.20. The summed E-state index contributed by atoms with van der Waals surface area (Å²) in [6, 6.07) is 6.94. The van der Waals surface area contributed by atoms with Crippen LogP contribution >= 0.6 is 0 Å². The smallest absolute Gasteiger partial charge is 0.319 e. The Balaban J connectivity index is 2.43. The lowest BCUT2D eigenvalue weighted by Crippen LogP contribution is -2.30. The molecule has 5 nitrogen and oxygen atoms in total. The Morgan fingerprint density at radius 2 is 2.14 bits per heavy atom. The molecule has 0 aliphatic carbocycles. The number of carbonyl (C=O) groups is 1. The first-order valence-corrected chi connectivity index (χ1v) is 7.04. The summed E-state index contributed by atoms with van der Waals surface area (Å²) in [6.07, 6.45) is 1.64. The minimum atomic E-state index is -0.282. The lowest BCUT2D eigenvalue weighted by molar-refractivity contribution is 0.148. The third kappa shape index (κ3) is 5.84. The first-order chi connectivity index (χ1) is 9.88. The van der Waals surface area contributed by atoms with E-state index < -0.39 is 0 Å². The molecular formula is C16H23N3O2. The van der Waals surface area contributed by atoms with Gasteiger partial charge in [-0.2, -0.15) is 5.26 Å². The summed E-state index contributed by atoms with van der Waals surface area (Å²) < 4.78 is 0. The van der Waals surface area contributed by atoms with Gasteiger partial charge in [-0.05, 0) is 42.9 Å². The van der Waals surface area contributed by atoms with Gasteiger partial charge in [0.25, 0.3) is 0 Å². The predicted octanol–water partition coefficient (Wildman–Crippen LogP) is 2.79. The molecule has 0 radical (unpaired) electrons. The summed E-state index contributed by atoms with van der Waals surface area (Å²) in [5.41, 5.74) is 1.95. The van der Waals surface area contributed by atoms with Gasteiger partial charge in [-0.25, -0.2) is 4.79 Å². The Labute approximate surface area is 126 Å². The van der Waals surface area contributed by atoms with Crippen LogP contribution in [0.1, 0.15) is 37.8 Å². The van der Waals surface area contributed by atoms with Crippen molar-refractivity contribution in [1.82, 2.24) is 5.32 Å². The van der Waals surface area contributed by atoms with Gasteiger partial charge in [-0.3, -0.25) is 0 Å². The van der Waals surface area contributed by atoms with Crippen LogP contribution in [0.5, 0.6) is 0 Å². The van der Waals surface area contributed by atoms with E-state index in [1.165, 1.54) is 0 Å². The number of nitrogens with one attached hydrogen (secondary N) is 2. The summed E-state index contributed by atoms with van der Waals surface area (Å²) in [5, 5.41) is 23.5. The van der Waals surface area contributed by atoms with Crippen molar-refractivity contribution in [2.24, 2.45) is 5.41 Å². The number of aliphatic hydroxyl groups is 1. The quantitative estimate of drug-likeness (QED) is 0.704. The van der Waals surface area contributed by atoms with Crippen molar-refractivity contribution in [2.75, 3.05) is 18.5 Å². The number of anilines is 1. The maximum Gasteiger partial charge on any atom is 0.319 e. The number of rotatable bonds is 6. The van der Waals surface area contributed by atoms with Gasteiger partial charge in [0.1, 0.15) is 0 Å². The van der Waals surface area contributed by atoms with E-state index in [2.05, 4.69) is 10.6 Å². The summed E-state index contributed by atoms with van der Waals surface area (Å²) >= 11 is 0. The SMILES string of the molecule is Cc1ccc(C#N)cc1NC(=O)NCCCC(C)(C)CO. The average Bonchev–Trinajstić information content (AvgIpc) is 2.46. The number of hydrogen-bond acceptors (Lipinski definition) is 3. The van der Waals surface area contributed by atoms with Gasteiger partial charge in [0, 0.05) is 18.8 Å². The van der Waals surface area contributed by atoms with Crippen molar-refractivity contribution < 1.29 is 9.90 Å². The molecule has 114 valence electrons. The van der Waals surface area contributed by atoms with Crippen molar-refractivity contribution >= 4 is 11.7 Å². The number of benzene rings is 1. The fraction of sp³-hybridized carbons (Fsp3) is 0.500. The summed E-state index contributed by atoms with van der Waals surface area (Å²) in [6.45, 7) is 6.54. The third-order valence-corrected chi connectivity index (χ3v) is 3.36. The monoisotopic (exact) mass is 289 g/mol. The third-order valence-electron chi connectivity index (χ3n) is 3.36. The molecule has 3 N–H and O–H groups in total. The Morgan fingerprint density at radius 1 is 1.43 bits per heavy atom. The molecule has 1 rings (SSSR count). The molecule has 0 aliphatic heterocycles. The van der Waals surface area contributed by atoms with Crippen LogP contribution in [0, 0.1) is 23.7 Å². The first kappa shape index (κ1) is 17.0. The molecule has 21 heavy (non-hydrogen) atoms. The van der Waals surface area contributed by atoms with Crippen LogP contribution in [-0.4, -0.2) is 24.3 Å². The first-order valence-electron chi connectivity index (χ1n) is 7.04. The van der Waals surface area contributed by atoms with Gasteiger partial charge < -0.3 is 15.7 Å². The zero-order valence-corrected chi connectivity index (χ0v) is 12.9. The van der Waals surface area contributed by atoms with Gasteiger partial charge in [0.05, 0.1) is 11.6 Å². The number of aryl methyl sites for hydroxylation is 1. The number of nitriles is 1. The highest BCUT2D eigenvalue weighted by Gasteiger charge is 2.15. The topological polar surface area (TPSA) is 85.2 Å². The summed E-state index contributed by atoms with van der Waals surface area (Å²) in [5.74, 6) is 0. The second-order valence-electron chi connectivity index (χ2n) is 5.95. The lowest BCUT2D eigenvalue weighted by atomic mass is 9.89. The molecule has 0 spiro atoms. The molecule has 0 aliphatic rings. The van der Waals surface area contributed by atoms with E-state index in [-0.39, 0.29) is 18.1 Å². The Morgan fingerprint density at radius 3 is 2.76 bits per heavy atom.